The van der Waals surface area contributed by atoms with Gasteiger partial charge in [-0.25, -0.2) is 9.07 Å². The van der Waals surface area contributed by atoms with E-state index in [2.05, 4.69) is 27.4 Å². The average Bonchev–Trinajstić information content (AvgIpc) is 3.59. The van der Waals surface area contributed by atoms with Crippen LogP contribution in [0.3, 0.4) is 0 Å². The highest BCUT2D eigenvalue weighted by Crippen LogP contribution is 2.33. The number of likely N-dealkylation sites (tertiary alicyclic amines) is 1. The number of primary amides is 1. The molecule has 1 unspecified atom stereocenters. The largest absolute Gasteiger partial charge is 0.366 e. The molecule has 10 nitrogen and oxygen atoms in total. The maximum Gasteiger partial charge on any atom is 0.258 e. The first-order valence-electron chi connectivity index (χ1n) is 14.8. The quantitative estimate of drug-likeness (QED) is 0.329. The molecule has 7 rings (SSSR count). The molecule has 224 valence electrons. The van der Waals surface area contributed by atoms with Gasteiger partial charge in [0.2, 0.25) is 11.8 Å². The summed E-state index contributed by atoms with van der Waals surface area (Å²) < 4.78 is 16.9. The van der Waals surface area contributed by atoms with Crippen LogP contribution in [0.15, 0.2) is 60.8 Å². The van der Waals surface area contributed by atoms with Crippen molar-refractivity contribution in [2.24, 2.45) is 5.73 Å². The maximum absolute atomic E-state index is 15.2. The van der Waals surface area contributed by atoms with Gasteiger partial charge in [-0.1, -0.05) is 30.3 Å². The van der Waals surface area contributed by atoms with E-state index in [9.17, 15) is 19.2 Å². The Labute approximate surface area is 252 Å². The van der Waals surface area contributed by atoms with Crippen LogP contribution in [0.1, 0.15) is 69.0 Å². The van der Waals surface area contributed by atoms with E-state index in [4.69, 9.17) is 5.73 Å². The number of benzene rings is 3. The Hall–Kier alpha value is -4.90. The number of imide groups is 1. The molecule has 0 bridgehead atoms. The summed E-state index contributed by atoms with van der Waals surface area (Å²) in [6, 6.07) is 16.2. The standard InChI is InChI=1S/C33H31FN6O4/c34-26-15-19(14-23-17-39(33(44)29(23)26)27-8-9-28(41)36-32(27)43)16-38-12-10-21(11-13-38)20-4-6-24(7-5-20)40-18-22-2-1-3-25(31(35)42)30(22)37-40/h1-7,14-15,18,21,27H,8-13,16-17H2,(H2,35,42)(H,36,41,43). The Kier molecular flexibility index (Phi) is 6.97. The first-order chi connectivity index (χ1) is 21.2. The van der Waals surface area contributed by atoms with Crippen LogP contribution >= 0.6 is 0 Å². The number of nitrogens with one attached hydrogen (secondary N) is 1. The maximum atomic E-state index is 15.2. The van der Waals surface area contributed by atoms with Gasteiger partial charge in [0.25, 0.3) is 11.8 Å². The van der Waals surface area contributed by atoms with Crippen LogP contribution in [0.2, 0.25) is 0 Å². The Balaban J connectivity index is 0.984. The number of nitrogens with two attached hydrogens (primary N) is 1. The minimum atomic E-state index is -0.766. The highest BCUT2D eigenvalue weighted by atomic mass is 19.1. The van der Waals surface area contributed by atoms with Crippen LogP contribution < -0.4 is 11.1 Å². The van der Waals surface area contributed by atoms with Gasteiger partial charge in [-0.3, -0.25) is 29.4 Å². The summed E-state index contributed by atoms with van der Waals surface area (Å²) in [5.74, 6) is -2.03. The molecule has 0 saturated carbocycles. The molecule has 1 aromatic heterocycles. The lowest BCUT2D eigenvalue weighted by Crippen LogP contribution is -2.52. The molecule has 3 N–H and O–H groups in total. The summed E-state index contributed by atoms with van der Waals surface area (Å²) >= 11 is 0. The zero-order valence-electron chi connectivity index (χ0n) is 24.0. The highest BCUT2D eigenvalue weighted by Gasteiger charge is 2.40. The number of fused-ring (bicyclic) bond motifs is 2. The van der Waals surface area contributed by atoms with Crippen molar-refractivity contribution in [1.29, 1.82) is 0 Å². The minimum Gasteiger partial charge on any atom is -0.366 e. The fourth-order valence-electron chi connectivity index (χ4n) is 6.77. The average molecular weight is 595 g/mol. The summed E-state index contributed by atoms with van der Waals surface area (Å²) in [5.41, 5.74) is 10.0. The number of hydrogen-bond acceptors (Lipinski definition) is 6. The fraction of sp³-hybridized carbons (Fsp3) is 0.303. The fourth-order valence-corrected chi connectivity index (χ4v) is 6.77. The van der Waals surface area contributed by atoms with Crippen LogP contribution in [0.25, 0.3) is 16.6 Å². The summed E-state index contributed by atoms with van der Waals surface area (Å²) in [7, 11) is 0. The van der Waals surface area contributed by atoms with Gasteiger partial charge >= 0.3 is 0 Å². The summed E-state index contributed by atoms with van der Waals surface area (Å²) in [6.45, 7) is 2.44. The van der Waals surface area contributed by atoms with E-state index in [1.165, 1.54) is 16.5 Å². The molecule has 11 heteroatoms. The van der Waals surface area contributed by atoms with Crippen molar-refractivity contribution in [2.45, 2.75) is 50.7 Å². The molecule has 0 radical (unpaired) electrons. The van der Waals surface area contributed by atoms with Gasteiger partial charge in [-0.05, 0) is 79.2 Å². The second-order valence-electron chi connectivity index (χ2n) is 11.8. The predicted octanol–water partition coefficient (Wildman–Crippen LogP) is 3.40. The monoisotopic (exact) mass is 594 g/mol. The summed E-state index contributed by atoms with van der Waals surface area (Å²) in [6.07, 6.45) is 4.21. The summed E-state index contributed by atoms with van der Waals surface area (Å²) in [5, 5.41) is 7.72. The number of carbonyl (C=O) groups excluding carboxylic acids is 4. The second-order valence-corrected chi connectivity index (χ2v) is 11.8. The summed E-state index contributed by atoms with van der Waals surface area (Å²) in [4.78, 5) is 52.3. The van der Waals surface area contributed by atoms with Crippen LogP contribution in [0, 0.1) is 5.82 Å². The molecular formula is C33H31FN6O4. The van der Waals surface area contributed by atoms with Gasteiger partial charge in [0.05, 0.1) is 16.8 Å². The molecule has 3 aliphatic heterocycles. The number of nitrogens with zero attached hydrogens (tertiary/aromatic N) is 4. The number of carbonyl (C=O) groups is 4. The molecule has 3 aromatic carbocycles. The van der Waals surface area contributed by atoms with Crippen molar-refractivity contribution < 1.29 is 23.6 Å². The third kappa shape index (κ3) is 5.02. The molecule has 4 amide bonds. The van der Waals surface area contributed by atoms with Crippen LogP contribution in [-0.4, -0.2) is 62.3 Å². The van der Waals surface area contributed by atoms with Crippen LogP contribution in [0.4, 0.5) is 4.39 Å². The van der Waals surface area contributed by atoms with E-state index in [0.717, 1.165) is 42.6 Å². The van der Waals surface area contributed by atoms with E-state index in [-0.39, 0.29) is 30.9 Å². The van der Waals surface area contributed by atoms with Gasteiger partial charge < -0.3 is 10.6 Å². The molecule has 2 fully saturated rings. The number of halogens is 1. The molecule has 4 heterocycles. The van der Waals surface area contributed by atoms with Crippen molar-refractivity contribution in [3.05, 3.63) is 94.4 Å². The second kappa shape index (κ2) is 11.0. The van der Waals surface area contributed by atoms with Crippen molar-refractivity contribution in [1.82, 2.24) is 24.9 Å². The van der Waals surface area contributed by atoms with Crippen molar-refractivity contribution >= 4 is 34.5 Å². The molecule has 0 spiro atoms. The van der Waals surface area contributed by atoms with Crippen LogP contribution in [0.5, 0.6) is 0 Å². The van der Waals surface area contributed by atoms with Crippen molar-refractivity contribution in [3.8, 4) is 5.69 Å². The number of rotatable bonds is 6. The minimum absolute atomic E-state index is 0.0251. The normalized spacial score (nSPS) is 19.4. The highest BCUT2D eigenvalue weighted by molar-refractivity contribution is 6.06. The topological polar surface area (TPSA) is 131 Å². The zero-order chi connectivity index (χ0) is 30.5. The molecule has 44 heavy (non-hydrogen) atoms. The van der Waals surface area contributed by atoms with E-state index < -0.39 is 29.6 Å². The van der Waals surface area contributed by atoms with E-state index in [1.807, 2.05) is 30.5 Å². The molecule has 1 atom stereocenters. The Morgan fingerprint density at radius 1 is 1.02 bits per heavy atom. The van der Waals surface area contributed by atoms with Crippen molar-refractivity contribution in [3.63, 3.8) is 0 Å². The van der Waals surface area contributed by atoms with Crippen molar-refractivity contribution in [2.75, 3.05) is 13.1 Å². The number of aromatic nitrogens is 2. The molecular weight excluding hydrogens is 563 g/mol. The smallest absolute Gasteiger partial charge is 0.258 e. The van der Waals surface area contributed by atoms with Gasteiger partial charge in [0.1, 0.15) is 17.4 Å². The Bertz CT molecular complexity index is 1830. The molecule has 2 saturated heterocycles. The zero-order valence-corrected chi connectivity index (χ0v) is 24.0. The Morgan fingerprint density at radius 3 is 2.52 bits per heavy atom. The lowest BCUT2D eigenvalue weighted by Gasteiger charge is -2.32. The molecule has 3 aliphatic rings. The van der Waals surface area contributed by atoms with Gasteiger partial charge in [-0.2, -0.15) is 5.10 Å². The Morgan fingerprint density at radius 2 is 1.80 bits per heavy atom. The van der Waals surface area contributed by atoms with Gasteiger partial charge in [0.15, 0.2) is 0 Å². The van der Waals surface area contributed by atoms with E-state index in [1.54, 1.807) is 16.8 Å². The van der Waals surface area contributed by atoms with E-state index in [0.29, 0.717) is 29.1 Å². The lowest BCUT2D eigenvalue weighted by atomic mass is 9.89. The third-order valence-electron chi connectivity index (χ3n) is 9.06. The molecule has 0 aliphatic carbocycles. The van der Waals surface area contributed by atoms with Gasteiger partial charge in [-0.15, -0.1) is 0 Å². The number of amides is 4. The molecule has 4 aromatic rings. The SMILES string of the molecule is NC(=O)c1cccc2cn(-c3ccc(C4CCN(Cc5cc(F)c6c(c5)CN(C5CCC(=O)NC5=O)C6=O)CC4)cc3)nc12. The van der Waals surface area contributed by atoms with Gasteiger partial charge in [0, 0.05) is 31.1 Å². The van der Waals surface area contributed by atoms with E-state index >= 15 is 4.39 Å². The predicted molar refractivity (Wildman–Crippen MR) is 159 cm³/mol. The van der Waals surface area contributed by atoms with Crippen LogP contribution in [-0.2, 0) is 22.7 Å². The third-order valence-corrected chi connectivity index (χ3v) is 9.06. The number of piperidine rings is 2. The first kappa shape index (κ1) is 27.9. The number of hydrogen-bond donors (Lipinski definition) is 2. The first-order valence-corrected chi connectivity index (χ1v) is 14.8. The lowest BCUT2D eigenvalue weighted by molar-refractivity contribution is -0.136.